The van der Waals surface area contributed by atoms with Crippen LogP contribution in [0.15, 0.2) is 18.2 Å². The smallest absolute Gasteiger partial charge is 0.126 e. The van der Waals surface area contributed by atoms with Gasteiger partial charge in [-0.1, -0.05) is 12.1 Å². The summed E-state index contributed by atoms with van der Waals surface area (Å²) < 4.78 is 13.4. The van der Waals surface area contributed by atoms with Gasteiger partial charge in [0, 0.05) is 13.1 Å². The predicted octanol–water partition coefficient (Wildman–Crippen LogP) is 1.87. The first-order chi connectivity index (χ1) is 8.40. The molecule has 2 N–H and O–H groups in total. The lowest BCUT2D eigenvalue weighted by Crippen LogP contribution is -2.28. The summed E-state index contributed by atoms with van der Waals surface area (Å²) in [6.45, 7) is 4.64. The van der Waals surface area contributed by atoms with E-state index >= 15 is 0 Å². The zero-order chi connectivity index (χ0) is 13.7. The molecule has 0 amide bonds. The third kappa shape index (κ3) is 4.72. The molecule has 0 aliphatic rings. The largest absolute Gasteiger partial charge is 0.392 e. The Labute approximate surface area is 108 Å². The van der Waals surface area contributed by atoms with E-state index in [1.807, 2.05) is 11.9 Å². The molecule has 0 heterocycles. The summed E-state index contributed by atoms with van der Waals surface area (Å²) in [5.41, 5.74) is 1.18. The van der Waals surface area contributed by atoms with Crippen molar-refractivity contribution in [1.29, 1.82) is 0 Å². The molecular weight excluding hydrogens is 233 g/mol. The highest BCUT2D eigenvalue weighted by molar-refractivity contribution is 5.24. The molecule has 0 saturated heterocycles. The van der Waals surface area contributed by atoms with Crippen molar-refractivity contribution in [2.75, 3.05) is 20.1 Å². The molecule has 0 radical (unpaired) electrons. The van der Waals surface area contributed by atoms with Gasteiger partial charge in [0.25, 0.3) is 0 Å². The number of benzene rings is 1. The molecule has 1 aromatic rings. The van der Waals surface area contributed by atoms with E-state index in [0.29, 0.717) is 30.6 Å². The molecule has 0 aliphatic carbocycles. The number of aryl methyl sites for hydroxylation is 1. The zero-order valence-electron chi connectivity index (χ0n) is 11.2. The second-order valence-electron chi connectivity index (χ2n) is 4.92. The molecule has 2 atom stereocenters. The first-order valence-corrected chi connectivity index (χ1v) is 6.21. The molecule has 0 fully saturated rings. The van der Waals surface area contributed by atoms with Crippen molar-refractivity contribution in [3.8, 4) is 0 Å². The van der Waals surface area contributed by atoms with E-state index in [4.69, 9.17) is 0 Å². The second kappa shape index (κ2) is 6.83. The van der Waals surface area contributed by atoms with Crippen molar-refractivity contribution in [3.63, 3.8) is 0 Å². The normalized spacial score (nSPS) is 14.8. The lowest BCUT2D eigenvalue weighted by atomic mass is 10.0. The van der Waals surface area contributed by atoms with Gasteiger partial charge in [0.05, 0.1) is 12.2 Å². The number of aliphatic hydroxyl groups is 2. The predicted molar refractivity (Wildman–Crippen MR) is 69.9 cm³/mol. The Morgan fingerprint density at radius 2 is 2.00 bits per heavy atom. The quantitative estimate of drug-likeness (QED) is 0.815. The van der Waals surface area contributed by atoms with E-state index in [9.17, 15) is 14.6 Å². The molecule has 0 spiro atoms. The molecule has 3 nitrogen and oxygen atoms in total. The SMILES string of the molecule is Cc1ccc(C(O)CCN(C)CC(C)O)cc1F. The van der Waals surface area contributed by atoms with Crippen LogP contribution in [-0.4, -0.2) is 41.4 Å². The highest BCUT2D eigenvalue weighted by Crippen LogP contribution is 2.19. The molecule has 0 aliphatic heterocycles. The Morgan fingerprint density at radius 3 is 2.56 bits per heavy atom. The standard InChI is InChI=1S/C14H22FNO2/c1-10-4-5-12(8-13(10)15)14(18)6-7-16(3)9-11(2)17/h4-5,8,11,14,17-18H,6-7,9H2,1-3H3. The molecular formula is C14H22FNO2. The van der Waals surface area contributed by atoms with Crippen LogP contribution in [0, 0.1) is 12.7 Å². The van der Waals surface area contributed by atoms with Gasteiger partial charge in [-0.15, -0.1) is 0 Å². The Morgan fingerprint density at radius 1 is 1.33 bits per heavy atom. The fraction of sp³-hybridized carbons (Fsp3) is 0.571. The van der Waals surface area contributed by atoms with E-state index in [0.717, 1.165) is 0 Å². The van der Waals surface area contributed by atoms with Crippen LogP contribution in [0.3, 0.4) is 0 Å². The van der Waals surface area contributed by atoms with Gasteiger partial charge < -0.3 is 15.1 Å². The van der Waals surface area contributed by atoms with Crippen LogP contribution in [-0.2, 0) is 0 Å². The minimum absolute atomic E-state index is 0.288. The Hall–Kier alpha value is -0.970. The molecule has 1 aromatic carbocycles. The summed E-state index contributed by atoms with van der Waals surface area (Å²) in [6, 6.07) is 4.81. The summed E-state index contributed by atoms with van der Waals surface area (Å²) in [5, 5.41) is 19.2. The van der Waals surface area contributed by atoms with Crippen molar-refractivity contribution in [2.24, 2.45) is 0 Å². The Kier molecular flexibility index (Phi) is 5.72. The van der Waals surface area contributed by atoms with E-state index < -0.39 is 6.10 Å². The molecule has 18 heavy (non-hydrogen) atoms. The zero-order valence-corrected chi connectivity index (χ0v) is 11.2. The van der Waals surface area contributed by atoms with Crippen LogP contribution in [0.2, 0.25) is 0 Å². The highest BCUT2D eigenvalue weighted by Gasteiger charge is 2.11. The minimum Gasteiger partial charge on any atom is -0.392 e. The van der Waals surface area contributed by atoms with Crippen LogP contribution < -0.4 is 0 Å². The van der Waals surface area contributed by atoms with Crippen molar-refractivity contribution >= 4 is 0 Å². The van der Waals surface area contributed by atoms with Gasteiger partial charge in [-0.25, -0.2) is 4.39 Å². The Bertz CT molecular complexity index is 382. The maximum absolute atomic E-state index is 13.4. The van der Waals surface area contributed by atoms with Gasteiger partial charge in [0.1, 0.15) is 5.82 Å². The van der Waals surface area contributed by atoms with E-state index in [-0.39, 0.29) is 11.9 Å². The number of likely N-dealkylation sites (N-methyl/N-ethyl adjacent to an activating group) is 1. The summed E-state index contributed by atoms with van der Waals surface area (Å²) in [7, 11) is 1.88. The fourth-order valence-corrected chi connectivity index (χ4v) is 1.87. The second-order valence-corrected chi connectivity index (χ2v) is 4.92. The molecule has 1 rings (SSSR count). The lowest BCUT2D eigenvalue weighted by molar-refractivity contribution is 0.116. The van der Waals surface area contributed by atoms with E-state index in [1.54, 1.807) is 26.0 Å². The molecule has 4 heteroatoms. The summed E-state index contributed by atoms with van der Waals surface area (Å²) >= 11 is 0. The minimum atomic E-state index is -0.670. The average Bonchev–Trinajstić information content (AvgIpc) is 2.28. The third-order valence-corrected chi connectivity index (χ3v) is 2.94. The van der Waals surface area contributed by atoms with Crippen LogP contribution in [0.25, 0.3) is 0 Å². The summed E-state index contributed by atoms with van der Waals surface area (Å²) in [5.74, 6) is -0.288. The molecule has 0 saturated carbocycles. The highest BCUT2D eigenvalue weighted by atomic mass is 19.1. The number of hydrogen-bond acceptors (Lipinski definition) is 3. The monoisotopic (exact) mass is 255 g/mol. The maximum Gasteiger partial charge on any atom is 0.126 e. The van der Waals surface area contributed by atoms with Gasteiger partial charge in [0.15, 0.2) is 0 Å². The third-order valence-electron chi connectivity index (χ3n) is 2.94. The van der Waals surface area contributed by atoms with Crippen molar-refractivity contribution in [1.82, 2.24) is 4.90 Å². The van der Waals surface area contributed by atoms with Gasteiger partial charge in [0.2, 0.25) is 0 Å². The van der Waals surface area contributed by atoms with Gasteiger partial charge in [-0.05, 0) is 44.5 Å². The van der Waals surface area contributed by atoms with Crippen LogP contribution in [0.5, 0.6) is 0 Å². The molecule has 0 bridgehead atoms. The van der Waals surface area contributed by atoms with Crippen molar-refractivity contribution in [2.45, 2.75) is 32.5 Å². The number of rotatable bonds is 6. The topological polar surface area (TPSA) is 43.7 Å². The summed E-state index contributed by atoms with van der Waals surface area (Å²) in [4.78, 5) is 1.94. The molecule has 102 valence electrons. The number of hydrogen-bond donors (Lipinski definition) is 2. The number of aliphatic hydroxyl groups excluding tert-OH is 2. The van der Waals surface area contributed by atoms with Crippen molar-refractivity contribution in [3.05, 3.63) is 35.1 Å². The van der Waals surface area contributed by atoms with Crippen LogP contribution >= 0.6 is 0 Å². The van der Waals surface area contributed by atoms with Gasteiger partial charge >= 0.3 is 0 Å². The number of halogens is 1. The first kappa shape index (κ1) is 15.1. The molecule has 2 unspecified atom stereocenters. The van der Waals surface area contributed by atoms with Crippen LogP contribution in [0.4, 0.5) is 4.39 Å². The van der Waals surface area contributed by atoms with Gasteiger partial charge in [-0.2, -0.15) is 0 Å². The average molecular weight is 255 g/mol. The van der Waals surface area contributed by atoms with Crippen molar-refractivity contribution < 1.29 is 14.6 Å². The first-order valence-electron chi connectivity index (χ1n) is 6.21. The fourth-order valence-electron chi connectivity index (χ4n) is 1.87. The van der Waals surface area contributed by atoms with Crippen LogP contribution in [0.1, 0.15) is 30.6 Å². The maximum atomic E-state index is 13.4. The number of nitrogens with zero attached hydrogens (tertiary/aromatic N) is 1. The summed E-state index contributed by atoms with van der Waals surface area (Å²) in [6.07, 6.45) is -0.536. The van der Waals surface area contributed by atoms with Gasteiger partial charge in [-0.3, -0.25) is 0 Å². The van der Waals surface area contributed by atoms with E-state index in [1.165, 1.54) is 6.07 Å². The van der Waals surface area contributed by atoms with E-state index in [2.05, 4.69) is 0 Å². The Balaban J connectivity index is 2.49. The lowest BCUT2D eigenvalue weighted by Gasteiger charge is -2.20. The molecule has 0 aromatic heterocycles.